The number of rotatable bonds is 17. The van der Waals surface area contributed by atoms with Crippen LogP contribution in [0.25, 0.3) is 0 Å². The highest BCUT2D eigenvalue weighted by Gasteiger charge is 2.52. The van der Waals surface area contributed by atoms with Gasteiger partial charge in [0.2, 0.25) is 11.8 Å². The van der Waals surface area contributed by atoms with Crippen LogP contribution < -0.4 is 16.0 Å². The van der Waals surface area contributed by atoms with Gasteiger partial charge in [0, 0.05) is 11.4 Å². The van der Waals surface area contributed by atoms with Gasteiger partial charge in [0.15, 0.2) is 9.84 Å². The number of alkyl carbamates (subject to hydrolysis) is 1. The Balaban J connectivity index is 1.40. The second-order valence-electron chi connectivity index (χ2n) is 16.4. The van der Waals surface area contributed by atoms with Crippen LogP contribution >= 0.6 is 0 Å². The smallest absolute Gasteiger partial charge is 0.408 e. The van der Waals surface area contributed by atoms with Crippen molar-refractivity contribution in [3.63, 3.8) is 0 Å². The van der Waals surface area contributed by atoms with Gasteiger partial charge in [-0.3, -0.25) is 9.59 Å². The highest BCUT2D eigenvalue weighted by molar-refractivity contribution is 7.94. The van der Waals surface area contributed by atoms with E-state index in [0.29, 0.717) is 37.0 Å². The molecule has 3 amide bonds. The first-order chi connectivity index (χ1) is 22.6. The topological polar surface area (TPSA) is 131 Å². The van der Waals surface area contributed by atoms with Gasteiger partial charge in [-0.05, 0) is 104 Å². The van der Waals surface area contributed by atoms with Crippen LogP contribution in [-0.2, 0) is 30.8 Å². The fraction of sp³-hybridized carbons (Fsp3) is 0.711. The third-order valence-electron chi connectivity index (χ3n) is 10.1. The van der Waals surface area contributed by atoms with E-state index in [2.05, 4.69) is 16.0 Å². The highest BCUT2D eigenvalue weighted by Crippen LogP contribution is 2.60. The molecule has 0 aliphatic heterocycles. The number of nitrogens with one attached hydrogen (secondary N) is 3. The van der Waals surface area contributed by atoms with Gasteiger partial charge in [-0.25, -0.2) is 13.2 Å². The Bertz CT molecular complexity index is 1340. The standard InChI is InChI=1S/C38H59N3O6S/c1-25(2)14-32(12-13-48(45,46)24-38-20-29-17-30(21-38)19-31(18-29)22-38)39-35(42)33(15-26(3)4)40-36(43)34(16-27(5)6)41-37(44)47-23-28-10-8-7-9-11-28/h7-13,25-27,29-34H,14-24H2,1-6H3,(H,39,42)(H,40,43)(H,41,44)/b13-12+/t29?,30?,31?,32-,33+,34+,38?/m1/s1. The molecule has 10 heteroatoms. The molecule has 4 bridgehead atoms. The van der Waals surface area contributed by atoms with Crippen molar-refractivity contribution in [1.29, 1.82) is 0 Å². The lowest BCUT2D eigenvalue weighted by Crippen LogP contribution is -2.55. The summed E-state index contributed by atoms with van der Waals surface area (Å²) >= 11 is 0. The van der Waals surface area contributed by atoms with Gasteiger partial charge in [-0.2, -0.15) is 0 Å². The van der Waals surface area contributed by atoms with E-state index >= 15 is 0 Å². The molecule has 4 saturated carbocycles. The summed E-state index contributed by atoms with van der Waals surface area (Å²) in [7, 11) is -3.48. The molecular weight excluding hydrogens is 627 g/mol. The van der Waals surface area contributed by atoms with Crippen LogP contribution in [0.4, 0.5) is 4.79 Å². The Morgan fingerprint density at radius 2 is 1.27 bits per heavy atom. The van der Waals surface area contributed by atoms with E-state index in [4.69, 9.17) is 4.74 Å². The van der Waals surface area contributed by atoms with Crippen molar-refractivity contribution in [3.8, 4) is 0 Å². The molecule has 1 aromatic rings. The van der Waals surface area contributed by atoms with Crippen LogP contribution in [0.2, 0.25) is 0 Å². The molecule has 0 radical (unpaired) electrons. The summed E-state index contributed by atoms with van der Waals surface area (Å²) in [6.07, 6.45) is 9.08. The lowest BCUT2D eigenvalue weighted by Gasteiger charge is -2.56. The summed E-state index contributed by atoms with van der Waals surface area (Å²) in [6.45, 7) is 12.0. The normalized spacial score (nSPS) is 25.3. The number of amides is 3. The van der Waals surface area contributed by atoms with Gasteiger partial charge in [-0.15, -0.1) is 0 Å². The summed E-state index contributed by atoms with van der Waals surface area (Å²) in [5, 5.41) is 9.94. The molecule has 1 aromatic carbocycles. The predicted molar refractivity (Wildman–Crippen MR) is 189 cm³/mol. The number of hydrogen-bond donors (Lipinski definition) is 3. The average Bonchev–Trinajstić information content (AvgIpc) is 2.96. The molecule has 0 aromatic heterocycles. The van der Waals surface area contributed by atoms with E-state index < -0.39 is 40.0 Å². The molecule has 0 saturated heterocycles. The molecular formula is C38H59N3O6S. The van der Waals surface area contributed by atoms with Crippen LogP contribution in [0, 0.1) is 40.9 Å². The summed E-state index contributed by atoms with van der Waals surface area (Å²) in [5.74, 6) is 1.75. The number of benzene rings is 1. The number of sulfone groups is 1. The molecule has 4 aliphatic carbocycles. The summed E-state index contributed by atoms with van der Waals surface area (Å²) in [5.41, 5.74) is 0.729. The van der Waals surface area contributed by atoms with Gasteiger partial charge in [-0.1, -0.05) is 78.0 Å². The molecule has 268 valence electrons. The third-order valence-corrected chi connectivity index (χ3v) is 11.7. The molecule has 3 N–H and O–H groups in total. The van der Waals surface area contributed by atoms with Crippen molar-refractivity contribution in [3.05, 3.63) is 47.4 Å². The maximum Gasteiger partial charge on any atom is 0.408 e. The minimum absolute atomic E-state index is 0.0735. The molecule has 9 nitrogen and oxygen atoms in total. The van der Waals surface area contributed by atoms with Crippen molar-refractivity contribution >= 4 is 27.7 Å². The van der Waals surface area contributed by atoms with Crippen molar-refractivity contribution in [2.45, 2.75) is 124 Å². The zero-order valence-corrected chi connectivity index (χ0v) is 30.7. The predicted octanol–water partition coefficient (Wildman–Crippen LogP) is 6.53. The van der Waals surface area contributed by atoms with Crippen LogP contribution in [-0.4, -0.2) is 50.2 Å². The van der Waals surface area contributed by atoms with E-state index in [1.54, 1.807) is 6.08 Å². The third kappa shape index (κ3) is 11.6. The van der Waals surface area contributed by atoms with Crippen LogP contribution in [0.5, 0.6) is 0 Å². The first kappa shape index (κ1) is 37.9. The van der Waals surface area contributed by atoms with Gasteiger partial charge in [0.1, 0.15) is 18.7 Å². The van der Waals surface area contributed by atoms with Crippen LogP contribution in [0.15, 0.2) is 41.8 Å². The van der Waals surface area contributed by atoms with Gasteiger partial charge in [0.25, 0.3) is 0 Å². The molecule has 0 heterocycles. The Hall–Kier alpha value is -2.88. The second kappa shape index (κ2) is 16.7. The van der Waals surface area contributed by atoms with Crippen LogP contribution in [0.1, 0.15) is 105 Å². The molecule has 0 spiro atoms. The minimum atomic E-state index is -3.48. The largest absolute Gasteiger partial charge is 0.445 e. The van der Waals surface area contributed by atoms with E-state index in [1.165, 1.54) is 24.7 Å². The van der Waals surface area contributed by atoms with Crippen molar-refractivity contribution < 1.29 is 27.5 Å². The number of ether oxygens (including phenoxy) is 1. The SMILES string of the molecule is CC(C)C[C@@H](/C=C/S(=O)(=O)CC12CC3CC(CC(C3)C1)C2)NC(=O)[C@H](CC(C)C)NC(=O)[C@H](CC(C)C)NC(=O)OCc1ccccc1. The summed E-state index contributed by atoms with van der Waals surface area (Å²) in [4.78, 5) is 40.0. The maximum atomic E-state index is 13.7. The van der Waals surface area contributed by atoms with Crippen LogP contribution in [0.3, 0.4) is 0 Å². The van der Waals surface area contributed by atoms with Crippen molar-refractivity contribution in [2.75, 3.05) is 5.75 Å². The molecule has 3 atom stereocenters. The molecule has 5 rings (SSSR count). The van der Waals surface area contributed by atoms with Crippen molar-refractivity contribution in [1.82, 2.24) is 16.0 Å². The van der Waals surface area contributed by atoms with Crippen molar-refractivity contribution in [2.24, 2.45) is 40.9 Å². The van der Waals surface area contributed by atoms with Gasteiger partial charge in [0.05, 0.1) is 5.75 Å². The monoisotopic (exact) mass is 685 g/mol. The van der Waals surface area contributed by atoms with Gasteiger partial charge < -0.3 is 20.7 Å². The quantitative estimate of drug-likeness (QED) is 0.171. The Kier molecular flexibility index (Phi) is 13.2. The zero-order valence-electron chi connectivity index (χ0n) is 29.9. The lowest BCUT2D eigenvalue weighted by atomic mass is 9.50. The number of carbonyl (C=O) groups excluding carboxylic acids is 3. The van der Waals surface area contributed by atoms with E-state index in [9.17, 15) is 22.8 Å². The van der Waals surface area contributed by atoms with E-state index in [1.807, 2.05) is 71.9 Å². The second-order valence-corrected chi connectivity index (χ2v) is 18.3. The Labute approximate surface area is 288 Å². The summed E-state index contributed by atoms with van der Waals surface area (Å²) < 4.78 is 32.3. The summed E-state index contributed by atoms with van der Waals surface area (Å²) in [6, 6.07) is 7.03. The first-order valence-corrected chi connectivity index (χ1v) is 19.8. The lowest BCUT2D eigenvalue weighted by molar-refractivity contribution is -0.130. The number of hydrogen-bond acceptors (Lipinski definition) is 6. The zero-order chi connectivity index (χ0) is 35.1. The minimum Gasteiger partial charge on any atom is -0.445 e. The molecule has 4 aliphatic rings. The van der Waals surface area contributed by atoms with E-state index in [-0.39, 0.29) is 41.4 Å². The van der Waals surface area contributed by atoms with E-state index in [0.717, 1.165) is 24.8 Å². The fourth-order valence-corrected chi connectivity index (χ4v) is 10.5. The average molecular weight is 686 g/mol. The molecule has 0 unspecified atom stereocenters. The first-order valence-electron chi connectivity index (χ1n) is 18.1. The fourth-order valence-electron chi connectivity index (χ4n) is 8.72. The maximum absolute atomic E-state index is 13.7. The molecule has 48 heavy (non-hydrogen) atoms. The Morgan fingerprint density at radius 1 is 0.771 bits per heavy atom. The molecule has 4 fully saturated rings. The Morgan fingerprint density at radius 3 is 1.79 bits per heavy atom. The van der Waals surface area contributed by atoms with Gasteiger partial charge >= 0.3 is 6.09 Å². The number of carbonyl (C=O) groups is 3. The highest BCUT2D eigenvalue weighted by atomic mass is 32.2.